The van der Waals surface area contributed by atoms with Crippen LogP contribution < -0.4 is 10.1 Å². The molecule has 5 nitrogen and oxygen atoms in total. The zero-order chi connectivity index (χ0) is 14.3. The van der Waals surface area contributed by atoms with Crippen LogP contribution in [0.2, 0.25) is 0 Å². The molecule has 1 aromatic rings. The molecule has 0 bridgehead atoms. The second-order valence-corrected chi connectivity index (χ2v) is 4.40. The zero-order valence-corrected chi connectivity index (χ0v) is 11.2. The van der Waals surface area contributed by atoms with E-state index >= 15 is 0 Å². The molecule has 0 saturated heterocycles. The van der Waals surface area contributed by atoms with Gasteiger partial charge in [0.1, 0.15) is 0 Å². The van der Waals surface area contributed by atoms with Gasteiger partial charge >= 0.3 is 5.69 Å². The van der Waals surface area contributed by atoms with E-state index in [2.05, 4.69) is 11.2 Å². The predicted octanol–water partition coefficient (Wildman–Crippen LogP) is 2.49. The molecule has 0 heterocycles. The van der Waals surface area contributed by atoms with Crippen LogP contribution >= 0.6 is 0 Å². The van der Waals surface area contributed by atoms with Crippen LogP contribution in [-0.4, -0.2) is 17.6 Å². The van der Waals surface area contributed by atoms with E-state index in [9.17, 15) is 10.1 Å². The molecule has 0 aromatic heterocycles. The van der Waals surface area contributed by atoms with Crippen LogP contribution in [0.15, 0.2) is 18.2 Å². The van der Waals surface area contributed by atoms with Crippen molar-refractivity contribution in [3.05, 3.63) is 33.9 Å². The lowest BCUT2D eigenvalue weighted by molar-refractivity contribution is -0.385. The highest BCUT2D eigenvalue weighted by molar-refractivity contribution is 5.48. The third-order valence-corrected chi connectivity index (χ3v) is 2.44. The molecule has 1 rings (SSSR count). The first kappa shape index (κ1) is 15.0. The van der Waals surface area contributed by atoms with Crippen molar-refractivity contribution < 1.29 is 9.66 Å². The Kier molecular flexibility index (Phi) is 5.83. The molecule has 0 unspecified atom stereocenters. The minimum absolute atomic E-state index is 0.0277. The summed E-state index contributed by atoms with van der Waals surface area (Å²) in [6, 6.07) is 5.28. The van der Waals surface area contributed by atoms with Gasteiger partial charge in [-0.25, -0.2) is 0 Å². The average Bonchev–Trinajstić information content (AvgIpc) is 2.37. The monoisotopic (exact) mass is 262 g/mol. The highest BCUT2D eigenvalue weighted by Crippen LogP contribution is 2.28. The summed E-state index contributed by atoms with van der Waals surface area (Å²) in [4.78, 5) is 10.6. The van der Waals surface area contributed by atoms with Gasteiger partial charge in [0.25, 0.3) is 0 Å². The van der Waals surface area contributed by atoms with Gasteiger partial charge in [-0.15, -0.1) is 12.3 Å². The van der Waals surface area contributed by atoms with Crippen LogP contribution in [0.5, 0.6) is 5.75 Å². The molecule has 1 N–H and O–H groups in total. The van der Waals surface area contributed by atoms with Gasteiger partial charge in [0.2, 0.25) is 0 Å². The lowest BCUT2D eigenvalue weighted by Crippen LogP contribution is -2.21. The molecule has 102 valence electrons. The highest BCUT2D eigenvalue weighted by atomic mass is 16.6. The standard InChI is InChI=1S/C14H18N2O3/c1-4-5-8-19-14-7-6-12(10-15-11(2)3)9-13(14)16(17)18/h1,6-7,9,11,15H,5,8,10H2,2-3H3. The third-order valence-electron chi connectivity index (χ3n) is 2.44. The van der Waals surface area contributed by atoms with Crippen molar-refractivity contribution in [1.82, 2.24) is 5.32 Å². The van der Waals surface area contributed by atoms with Gasteiger partial charge in [-0.05, 0) is 11.6 Å². The molecule has 5 heteroatoms. The van der Waals surface area contributed by atoms with Crippen molar-refractivity contribution >= 4 is 5.69 Å². The van der Waals surface area contributed by atoms with Gasteiger partial charge in [0.15, 0.2) is 5.75 Å². The maximum absolute atomic E-state index is 11.0. The van der Waals surface area contributed by atoms with Crippen molar-refractivity contribution in [2.24, 2.45) is 0 Å². The van der Waals surface area contributed by atoms with Crippen molar-refractivity contribution in [3.63, 3.8) is 0 Å². The van der Waals surface area contributed by atoms with Gasteiger partial charge in [-0.1, -0.05) is 19.9 Å². The molecule has 0 atom stereocenters. The van der Waals surface area contributed by atoms with E-state index < -0.39 is 4.92 Å². The number of nitrogens with zero attached hydrogens (tertiary/aromatic N) is 1. The number of benzene rings is 1. The Hall–Kier alpha value is -2.06. The number of rotatable bonds is 7. The van der Waals surface area contributed by atoms with Crippen LogP contribution in [0, 0.1) is 22.5 Å². The van der Waals surface area contributed by atoms with Crippen LogP contribution in [0.25, 0.3) is 0 Å². The lowest BCUT2D eigenvalue weighted by atomic mass is 10.2. The largest absolute Gasteiger partial charge is 0.486 e. The molecule has 1 aromatic carbocycles. The Morgan fingerprint density at radius 2 is 2.26 bits per heavy atom. The summed E-state index contributed by atoms with van der Waals surface area (Å²) < 4.78 is 5.31. The normalized spacial score (nSPS) is 10.2. The minimum Gasteiger partial charge on any atom is -0.486 e. The van der Waals surface area contributed by atoms with E-state index in [1.165, 1.54) is 6.07 Å². The van der Waals surface area contributed by atoms with Crippen LogP contribution in [0.3, 0.4) is 0 Å². The first-order chi connectivity index (χ1) is 9.04. The highest BCUT2D eigenvalue weighted by Gasteiger charge is 2.15. The summed E-state index contributed by atoms with van der Waals surface area (Å²) in [5, 5.41) is 14.2. The molecule has 0 spiro atoms. The number of hydrogen-bond donors (Lipinski definition) is 1. The van der Waals surface area contributed by atoms with Gasteiger partial charge in [0.05, 0.1) is 11.5 Å². The van der Waals surface area contributed by atoms with E-state index in [0.717, 1.165) is 5.56 Å². The fourth-order valence-corrected chi connectivity index (χ4v) is 1.48. The van der Waals surface area contributed by atoms with Crippen LogP contribution in [0.1, 0.15) is 25.8 Å². The molecule has 0 saturated carbocycles. The van der Waals surface area contributed by atoms with Crippen LogP contribution in [0.4, 0.5) is 5.69 Å². The summed E-state index contributed by atoms with van der Waals surface area (Å²) >= 11 is 0. The minimum atomic E-state index is -0.440. The molecular formula is C14H18N2O3. The number of nitrogens with one attached hydrogen (secondary N) is 1. The molecule has 0 amide bonds. The fraction of sp³-hybridized carbons (Fsp3) is 0.429. The molecule has 0 aliphatic carbocycles. The van der Waals surface area contributed by atoms with E-state index in [4.69, 9.17) is 11.2 Å². The third kappa shape index (κ3) is 4.98. The fourth-order valence-electron chi connectivity index (χ4n) is 1.48. The maximum Gasteiger partial charge on any atom is 0.311 e. The number of terminal acetylenes is 1. The lowest BCUT2D eigenvalue weighted by Gasteiger charge is -2.10. The first-order valence-corrected chi connectivity index (χ1v) is 6.11. The van der Waals surface area contributed by atoms with Crippen molar-refractivity contribution in [1.29, 1.82) is 0 Å². The van der Waals surface area contributed by atoms with Crippen molar-refractivity contribution in [2.75, 3.05) is 6.61 Å². The number of nitro groups is 1. The molecule has 0 aliphatic rings. The predicted molar refractivity (Wildman–Crippen MR) is 74.0 cm³/mol. The van der Waals surface area contributed by atoms with Gasteiger partial charge < -0.3 is 10.1 Å². The Bertz CT molecular complexity index is 478. The number of ether oxygens (including phenoxy) is 1. The SMILES string of the molecule is C#CCCOc1ccc(CNC(C)C)cc1[N+](=O)[O-]. The summed E-state index contributed by atoms with van der Waals surface area (Å²) in [5.41, 5.74) is 0.824. The molecule has 0 fully saturated rings. The summed E-state index contributed by atoms with van der Waals surface area (Å²) in [6.45, 7) is 4.90. The Morgan fingerprint density at radius 1 is 1.53 bits per heavy atom. The second-order valence-electron chi connectivity index (χ2n) is 4.40. The maximum atomic E-state index is 11.0. The van der Waals surface area contributed by atoms with E-state index in [0.29, 0.717) is 19.0 Å². The molecular weight excluding hydrogens is 244 g/mol. The first-order valence-electron chi connectivity index (χ1n) is 6.11. The summed E-state index contributed by atoms with van der Waals surface area (Å²) in [6.07, 6.45) is 5.53. The van der Waals surface area contributed by atoms with E-state index in [1.54, 1.807) is 6.07 Å². The van der Waals surface area contributed by atoms with Crippen molar-refractivity contribution in [3.8, 4) is 18.1 Å². The van der Waals surface area contributed by atoms with Gasteiger partial charge in [0, 0.05) is 25.1 Å². The van der Waals surface area contributed by atoms with Gasteiger partial charge in [-0.2, -0.15) is 0 Å². The van der Waals surface area contributed by atoms with E-state index in [-0.39, 0.29) is 18.0 Å². The zero-order valence-electron chi connectivity index (χ0n) is 11.2. The Balaban J connectivity index is 2.82. The topological polar surface area (TPSA) is 64.4 Å². The number of hydrogen-bond acceptors (Lipinski definition) is 4. The smallest absolute Gasteiger partial charge is 0.311 e. The molecule has 0 aliphatic heterocycles. The van der Waals surface area contributed by atoms with Crippen LogP contribution in [-0.2, 0) is 6.54 Å². The number of nitro benzene ring substituents is 1. The summed E-state index contributed by atoms with van der Waals surface area (Å²) in [7, 11) is 0. The van der Waals surface area contributed by atoms with E-state index in [1.807, 2.05) is 19.9 Å². The second kappa shape index (κ2) is 7.39. The van der Waals surface area contributed by atoms with Crippen molar-refractivity contribution in [2.45, 2.75) is 32.9 Å². The Morgan fingerprint density at radius 3 is 2.84 bits per heavy atom. The quantitative estimate of drug-likeness (QED) is 0.355. The Labute approximate surface area is 113 Å². The molecule has 19 heavy (non-hydrogen) atoms. The average molecular weight is 262 g/mol. The van der Waals surface area contributed by atoms with Gasteiger partial charge in [-0.3, -0.25) is 10.1 Å². The summed E-state index contributed by atoms with van der Waals surface area (Å²) in [5.74, 6) is 2.68. The molecule has 0 radical (unpaired) electrons.